The number of aryl methyl sites for hydroxylation is 1. The summed E-state index contributed by atoms with van der Waals surface area (Å²) in [6, 6.07) is 19.2. The van der Waals surface area contributed by atoms with Crippen molar-refractivity contribution in [3.05, 3.63) is 103 Å². The van der Waals surface area contributed by atoms with Crippen molar-refractivity contribution in [3.8, 4) is 28.7 Å². The Labute approximate surface area is 436 Å². The van der Waals surface area contributed by atoms with Crippen molar-refractivity contribution in [1.82, 2.24) is 0 Å². The van der Waals surface area contributed by atoms with Gasteiger partial charge in [0.05, 0.1) is 62.8 Å². The molecular weight excluding hydrogens is 949 g/mol. The average Bonchev–Trinajstić information content (AvgIpc) is 3.42. The number of carbonyl (C=O) groups excluding carboxylic acids is 7. The summed E-state index contributed by atoms with van der Waals surface area (Å²) in [6.45, 7) is 10.7. The van der Waals surface area contributed by atoms with E-state index in [2.05, 4.69) is 13.2 Å². The molecule has 5 rings (SSSR count). The maximum Gasteiger partial charge on any atom is 0.330 e. The van der Waals surface area contributed by atoms with Gasteiger partial charge < -0.3 is 37.9 Å². The number of hydrogen-bond acceptors (Lipinski definition) is 15. The van der Waals surface area contributed by atoms with Crippen molar-refractivity contribution in [1.29, 1.82) is 0 Å². The summed E-state index contributed by atoms with van der Waals surface area (Å²) in [7, 11) is 1.40. The maximum absolute atomic E-state index is 12.7. The van der Waals surface area contributed by atoms with Crippen molar-refractivity contribution < 1.29 is 71.5 Å². The topological polar surface area (TPSA) is 193 Å². The van der Waals surface area contributed by atoms with Crippen LogP contribution in [0.1, 0.15) is 144 Å². The standard InChI is InChI=1S/C33H40O8.C26H36O7/c1-3-31(35)39-21-9-7-5-4-6-8-20-38-28-15-17-29(18-16-28)40-32(36)25-11-13-26(14-12-25)33(37)41-30-19-10-24(2)22-27(30)23-34;1-3-24(27)32-19-9-7-5-4-6-8-18-31-22-14-16-23(17-15-22)33-26(29)21-12-10-20(11-13-21)25(28)30-2/h3,10,15-19,22-23,25-26H,1,4-9,11-14,20-21H2,2H3;3,14-17,20-21H,1,4-13,18-19H2,2H3. The van der Waals surface area contributed by atoms with Crippen LogP contribution in [0.25, 0.3) is 0 Å². The first-order chi connectivity index (χ1) is 35.9. The highest BCUT2D eigenvalue weighted by molar-refractivity contribution is 5.84. The van der Waals surface area contributed by atoms with Gasteiger partial charge in [0.25, 0.3) is 0 Å². The Morgan fingerprint density at radius 2 is 0.797 bits per heavy atom. The second-order valence-corrected chi connectivity index (χ2v) is 18.7. The summed E-state index contributed by atoms with van der Waals surface area (Å²) in [5.41, 5.74) is 1.26. The van der Waals surface area contributed by atoms with Crippen LogP contribution in [0, 0.1) is 30.6 Å². The Morgan fingerprint density at radius 3 is 1.16 bits per heavy atom. The van der Waals surface area contributed by atoms with E-state index < -0.39 is 0 Å². The summed E-state index contributed by atoms with van der Waals surface area (Å²) in [4.78, 5) is 82.5. The highest BCUT2D eigenvalue weighted by Crippen LogP contribution is 2.33. The van der Waals surface area contributed by atoms with Gasteiger partial charge in [0.2, 0.25) is 0 Å². The van der Waals surface area contributed by atoms with E-state index in [4.69, 9.17) is 37.9 Å². The molecule has 15 nitrogen and oxygen atoms in total. The molecule has 2 aliphatic rings. The van der Waals surface area contributed by atoms with Gasteiger partial charge in [0.15, 0.2) is 6.29 Å². The minimum atomic E-state index is -0.372. The quantitative estimate of drug-likeness (QED) is 0.0153. The number of esters is 6. The molecule has 0 radical (unpaired) electrons. The number of rotatable bonds is 30. The van der Waals surface area contributed by atoms with Crippen LogP contribution in [0.5, 0.6) is 28.7 Å². The van der Waals surface area contributed by atoms with Crippen LogP contribution >= 0.6 is 0 Å². The van der Waals surface area contributed by atoms with Crippen LogP contribution in [0.15, 0.2) is 92.0 Å². The molecule has 2 saturated carbocycles. The minimum absolute atomic E-state index is 0.107. The molecule has 0 atom stereocenters. The predicted molar refractivity (Wildman–Crippen MR) is 278 cm³/mol. The third kappa shape index (κ3) is 23.0. The molecule has 3 aromatic carbocycles. The van der Waals surface area contributed by atoms with Gasteiger partial charge >= 0.3 is 35.8 Å². The van der Waals surface area contributed by atoms with Gasteiger partial charge in [-0.25, -0.2) is 9.59 Å². The predicted octanol–water partition coefficient (Wildman–Crippen LogP) is 11.6. The van der Waals surface area contributed by atoms with Gasteiger partial charge in [-0.1, -0.05) is 76.2 Å². The molecule has 402 valence electrons. The molecule has 2 aliphatic carbocycles. The van der Waals surface area contributed by atoms with E-state index in [1.165, 1.54) is 19.3 Å². The van der Waals surface area contributed by atoms with Crippen LogP contribution in [0.4, 0.5) is 0 Å². The molecule has 0 saturated heterocycles. The van der Waals surface area contributed by atoms with Crippen molar-refractivity contribution >= 4 is 42.1 Å². The molecule has 0 N–H and O–H groups in total. The summed E-state index contributed by atoms with van der Waals surface area (Å²) >= 11 is 0. The van der Waals surface area contributed by atoms with Gasteiger partial charge in [-0.05, 0) is 145 Å². The van der Waals surface area contributed by atoms with E-state index in [9.17, 15) is 33.6 Å². The fourth-order valence-electron chi connectivity index (χ4n) is 8.61. The lowest BCUT2D eigenvalue weighted by atomic mass is 9.82. The number of hydrogen-bond donors (Lipinski definition) is 0. The van der Waals surface area contributed by atoms with E-state index in [0.29, 0.717) is 101 Å². The Balaban J connectivity index is 0.000000328. The number of unbranched alkanes of at least 4 members (excludes halogenated alkanes) is 10. The zero-order chi connectivity index (χ0) is 53.3. The SMILES string of the molecule is C=CC(=O)OCCCCCCCCOc1ccc(OC(=O)C2CCC(C(=O)OC)CC2)cc1.C=CC(=O)OCCCCCCCCOc1ccc(OC(=O)C2CCC(C(=O)Oc3ccc(C)cc3C=O)CC2)cc1. The van der Waals surface area contributed by atoms with Crippen LogP contribution in [-0.2, 0) is 43.0 Å². The molecule has 74 heavy (non-hydrogen) atoms. The average molecular weight is 1030 g/mol. The van der Waals surface area contributed by atoms with Crippen LogP contribution in [-0.4, -0.2) is 75.6 Å². The highest BCUT2D eigenvalue weighted by Gasteiger charge is 2.33. The number of carbonyl (C=O) groups is 7. The zero-order valence-corrected chi connectivity index (χ0v) is 43.4. The number of ether oxygens (including phenoxy) is 8. The first-order valence-electron chi connectivity index (χ1n) is 26.3. The van der Waals surface area contributed by atoms with Crippen molar-refractivity contribution in [3.63, 3.8) is 0 Å². The first-order valence-corrected chi connectivity index (χ1v) is 26.3. The minimum Gasteiger partial charge on any atom is -0.494 e. The highest BCUT2D eigenvalue weighted by atomic mass is 16.6. The van der Waals surface area contributed by atoms with Gasteiger partial charge in [-0.2, -0.15) is 0 Å². The van der Waals surface area contributed by atoms with E-state index in [1.54, 1.807) is 66.7 Å². The van der Waals surface area contributed by atoms with Gasteiger partial charge in [-0.3, -0.25) is 24.0 Å². The number of aldehydes is 1. The molecular formula is C59H76O15. The zero-order valence-electron chi connectivity index (χ0n) is 43.4. The lowest BCUT2D eigenvalue weighted by Crippen LogP contribution is -2.30. The Morgan fingerprint density at radius 1 is 0.459 bits per heavy atom. The third-order valence-corrected chi connectivity index (χ3v) is 13.0. The Bertz CT molecular complexity index is 2220. The fourth-order valence-corrected chi connectivity index (χ4v) is 8.61. The lowest BCUT2D eigenvalue weighted by Gasteiger charge is -2.26. The first kappa shape index (κ1) is 59.8. The third-order valence-electron chi connectivity index (χ3n) is 13.0. The van der Waals surface area contributed by atoms with E-state index in [0.717, 1.165) is 94.1 Å². The molecule has 15 heteroatoms. The lowest BCUT2D eigenvalue weighted by molar-refractivity contribution is -0.149. The summed E-state index contributed by atoms with van der Waals surface area (Å²) in [5, 5.41) is 0. The van der Waals surface area contributed by atoms with Crippen LogP contribution < -0.4 is 23.7 Å². The van der Waals surface area contributed by atoms with E-state index in [1.807, 2.05) is 6.92 Å². The normalized spacial score (nSPS) is 16.9. The summed E-state index contributed by atoms with van der Waals surface area (Å²) < 4.78 is 42.8. The van der Waals surface area contributed by atoms with Crippen molar-refractivity contribution in [2.75, 3.05) is 33.5 Å². The molecule has 0 spiro atoms. The van der Waals surface area contributed by atoms with Gasteiger partial charge in [0.1, 0.15) is 28.7 Å². The molecule has 2 fully saturated rings. The van der Waals surface area contributed by atoms with E-state index >= 15 is 0 Å². The van der Waals surface area contributed by atoms with Crippen molar-refractivity contribution in [2.24, 2.45) is 23.7 Å². The number of methoxy groups -OCH3 is 1. The van der Waals surface area contributed by atoms with Crippen LogP contribution in [0.2, 0.25) is 0 Å². The van der Waals surface area contributed by atoms with Gasteiger partial charge in [-0.15, -0.1) is 0 Å². The maximum atomic E-state index is 12.7. The summed E-state index contributed by atoms with van der Waals surface area (Å²) in [5.74, 6) is -0.0225. The molecule has 0 aromatic heterocycles. The molecule has 0 amide bonds. The molecule has 0 bridgehead atoms. The van der Waals surface area contributed by atoms with E-state index in [-0.39, 0.29) is 65.2 Å². The molecule has 0 unspecified atom stereocenters. The molecule has 0 heterocycles. The van der Waals surface area contributed by atoms with Crippen LogP contribution in [0.3, 0.4) is 0 Å². The number of benzene rings is 3. The Kier molecular flexibility index (Phi) is 28.0. The van der Waals surface area contributed by atoms with Gasteiger partial charge in [0, 0.05) is 12.2 Å². The Hall–Kier alpha value is -6.77. The molecule has 0 aliphatic heterocycles. The second-order valence-electron chi connectivity index (χ2n) is 18.7. The van der Waals surface area contributed by atoms with Crippen molar-refractivity contribution in [2.45, 2.75) is 135 Å². The monoisotopic (exact) mass is 1020 g/mol. The summed E-state index contributed by atoms with van der Waals surface area (Å²) in [6.07, 6.45) is 20.1. The second kappa shape index (κ2) is 34.6. The molecule has 3 aromatic rings. The largest absolute Gasteiger partial charge is 0.494 e. The fraction of sp³-hybridized carbons (Fsp3) is 0.508. The smallest absolute Gasteiger partial charge is 0.330 e.